The number of nitrogens with zero attached hydrogens (tertiary/aromatic N) is 1. The summed E-state index contributed by atoms with van der Waals surface area (Å²) in [7, 11) is 1.31. The second-order valence-corrected chi connectivity index (χ2v) is 5.52. The third-order valence-electron chi connectivity index (χ3n) is 3.70. The van der Waals surface area contributed by atoms with Crippen molar-refractivity contribution in [3.05, 3.63) is 23.8 Å². The Balaban J connectivity index is 2.02. The van der Waals surface area contributed by atoms with Gasteiger partial charge < -0.3 is 24.4 Å². The van der Waals surface area contributed by atoms with E-state index in [9.17, 15) is 14.4 Å². The number of fused-ring (bicyclic) bond motifs is 1. The van der Waals surface area contributed by atoms with E-state index in [1.165, 1.54) is 14.0 Å². The van der Waals surface area contributed by atoms with Crippen molar-refractivity contribution in [3.8, 4) is 11.5 Å². The van der Waals surface area contributed by atoms with Crippen LogP contribution < -0.4 is 14.8 Å². The summed E-state index contributed by atoms with van der Waals surface area (Å²) in [5.74, 6) is 0.402. The number of carbonyl (C=O) groups is 3. The van der Waals surface area contributed by atoms with E-state index in [4.69, 9.17) is 9.47 Å². The summed E-state index contributed by atoms with van der Waals surface area (Å²) in [6.07, 6.45) is 0.684. The average Bonchev–Trinajstić information content (AvgIpc) is 3.07. The number of ether oxygens (including phenoxy) is 3. The molecule has 1 aliphatic rings. The largest absolute Gasteiger partial charge is 0.469 e. The molecular weight excluding hydrogens is 328 g/mol. The smallest absolute Gasteiger partial charge is 0.307 e. The van der Waals surface area contributed by atoms with Gasteiger partial charge in [-0.2, -0.15) is 0 Å². The third kappa shape index (κ3) is 5.37. The van der Waals surface area contributed by atoms with Crippen molar-refractivity contribution in [1.29, 1.82) is 0 Å². The van der Waals surface area contributed by atoms with Gasteiger partial charge in [0.15, 0.2) is 11.5 Å². The number of rotatable bonds is 8. The highest BCUT2D eigenvalue weighted by molar-refractivity contribution is 5.95. The minimum atomic E-state index is -0.384. The van der Waals surface area contributed by atoms with Crippen LogP contribution in [0.25, 0.3) is 0 Å². The molecule has 8 nitrogen and oxygen atoms in total. The molecule has 1 heterocycles. The van der Waals surface area contributed by atoms with Crippen LogP contribution in [0.1, 0.15) is 30.1 Å². The van der Waals surface area contributed by atoms with Crippen molar-refractivity contribution in [2.45, 2.75) is 19.8 Å². The first kappa shape index (κ1) is 18.6. The lowest BCUT2D eigenvalue weighted by Gasteiger charge is -2.22. The summed E-state index contributed by atoms with van der Waals surface area (Å²) in [5, 5.41) is 2.68. The summed E-state index contributed by atoms with van der Waals surface area (Å²) < 4.78 is 15.2. The van der Waals surface area contributed by atoms with Crippen LogP contribution in [0.15, 0.2) is 18.2 Å². The number of hydrogen-bond acceptors (Lipinski definition) is 6. The molecule has 1 aromatic carbocycles. The molecule has 0 radical (unpaired) electrons. The normalized spacial score (nSPS) is 11.8. The van der Waals surface area contributed by atoms with Gasteiger partial charge in [-0.15, -0.1) is 0 Å². The van der Waals surface area contributed by atoms with Crippen LogP contribution in [0.5, 0.6) is 11.5 Å². The predicted octanol–water partition coefficient (Wildman–Crippen LogP) is 0.947. The zero-order valence-electron chi connectivity index (χ0n) is 14.4. The molecule has 25 heavy (non-hydrogen) atoms. The van der Waals surface area contributed by atoms with E-state index in [0.717, 1.165) is 0 Å². The van der Waals surface area contributed by atoms with E-state index in [-0.39, 0.29) is 37.5 Å². The van der Waals surface area contributed by atoms with Crippen molar-refractivity contribution in [1.82, 2.24) is 10.2 Å². The quantitative estimate of drug-likeness (QED) is 0.554. The van der Waals surface area contributed by atoms with Crippen LogP contribution >= 0.6 is 0 Å². The van der Waals surface area contributed by atoms with Crippen LogP contribution in [0.4, 0.5) is 0 Å². The summed E-state index contributed by atoms with van der Waals surface area (Å²) in [6.45, 7) is 2.67. The molecule has 0 aromatic heterocycles. The van der Waals surface area contributed by atoms with E-state index < -0.39 is 0 Å². The SMILES string of the molecule is COC(=O)CCN(CCCNC(C)=O)C(=O)c1ccc2c(c1)OCO2. The maximum Gasteiger partial charge on any atom is 0.307 e. The summed E-state index contributed by atoms with van der Waals surface area (Å²) in [5.41, 5.74) is 0.452. The number of carbonyl (C=O) groups excluding carboxylic acids is 3. The number of nitrogens with one attached hydrogen (secondary N) is 1. The van der Waals surface area contributed by atoms with Crippen molar-refractivity contribution < 1.29 is 28.6 Å². The molecule has 1 aromatic rings. The molecule has 1 N–H and O–H groups in total. The van der Waals surface area contributed by atoms with Gasteiger partial charge >= 0.3 is 5.97 Å². The fraction of sp³-hybridized carbons (Fsp3) is 0.471. The highest BCUT2D eigenvalue weighted by atomic mass is 16.7. The second kappa shape index (κ2) is 8.91. The molecule has 0 unspecified atom stereocenters. The molecule has 136 valence electrons. The van der Waals surface area contributed by atoms with Gasteiger partial charge in [-0.3, -0.25) is 14.4 Å². The van der Waals surface area contributed by atoms with Crippen molar-refractivity contribution in [2.75, 3.05) is 33.5 Å². The first-order valence-corrected chi connectivity index (χ1v) is 8.01. The molecular formula is C17H22N2O6. The maximum atomic E-state index is 12.8. The van der Waals surface area contributed by atoms with Crippen LogP contribution in [0.2, 0.25) is 0 Å². The Kier molecular flexibility index (Phi) is 6.62. The van der Waals surface area contributed by atoms with Gasteiger partial charge in [0.2, 0.25) is 12.7 Å². The molecule has 0 atom stereocenters. The molecule has 0 saturated heterocycles. The van der Waals surface area contributed by atoms with Crippen LogP contribution in [-0.2, 0) is 14.3 Å². The van der Waals surface area contributed by atoms with Gasteiger partial charge in [0.1, 0.15) is 0 Å². The molecule has 1 aliphatic heterocycles. The number of esters is 1. The van der Waals surface area contributed by atoms with Crippen LogP contribution in [-0.4, -0.2) is 56.2 Å². The van der Waals surface area contributed by atoms with Gasteiger partial charge in [0.05, 0.1) is 13.5 Å². The van der Waals surface area contributed by atoms with E-state index in [0.29, 0.717) is 36.6 Å². The van der Waals surface area contributed by atoms with Gasteiger partial charge in [-0.25, -0.2) is 0 Å². The van der Waals surface area contributed by atoms with Crippen molar-refractivity contribution in [3.63, 3.8) is 0 Å². The summed E-state index contributed by atoms with van der Waals surface area (Å²) in [6, 6.07) is 4.98. The Morgan fingerprint density at radius 2 is 1.96 bits per heavy atom. The Labute approximate surface area is 146 Å². The average molecular weight is 350 g/mol. The molecule has 0 saturated carbocycles. The van der Waals surface area contributed by atoms with Crippen molar-refractivity contribution in [2.24, 2.45) is 0 Å². The number of amides is 2. The molecule has 0 spiro atoms. The fourth-order valence-corrected chi connectivity index (χ4v) is 2.39. The van der Waals surface area contributed by atoms with E-state index in [1.807, 2.05) is 0 Å². The summed E-state index contributed by atoms with van der Waals surface area (Å²) >= 11 is 0. The Bertz CT molecular complexity index is 646. The first-order chi connectivity index (χ1) is 12.0. The Hall–Kier alpha value is -2.77. The third-order valence-corrected chi connectivity index (χ3v) is 3.70. The fourth-order valence-electron chi connectivity index (χ4n) is 2.39. The molecule has 2 rings (SSSR count). The molecule has 2 amide bonds. The van der Waals surface area contributed by atoms with Crippen molar-refractivity contribution >= 4 is 17.8 Å². The molecule has 0 aliphatic carbocycles. The lowest BCUT2D eigenvalue weighted by Crippen LogP contribution is -2.35. The number of hydrogen-bond donors (Lipinski definition) is 1. The second-order valence-electron chi connectivity index (χ2n) is 5.52. The highest BCUT2D eigenvalue weighted by Crippen LogP contribution is 2.32. The van der Waals surface area contributed by atoms with Gasteiger partial charge in [0, 0.05) is 32.1 Å². The van der Waals surface area contributed by atoms with Crippen LogP contribution in [0.3, 0.4) is 0 Å². The minimum Gasteiger partial charge on any atom is -0.469 e. The van der Waals surface area contributed by atoms with E-state index in [2.05, 4.69) is 10.1 Å². The minimum absolute atomic E-state index is 0.104. The Morgan fingerprint density at radius 3 is 2.68 bits per heavy atom. The van der Waals surface area contributed by atoms with E-state index >= 15 is 0 Å². The Morgan fingerprint density at radius 1 is 1.20 bits per heavy atom. The van der Waals surface area contributed by atoms with Gasteiger partial charge in [-0.1, -0.05) is 0 Å². The summed E-state index contributed by atoms with van der Waals surface area (Å²) in [4.78, 5) is 36.7. The standard InChI is InChI=1S/C17H22N2O6/c1-12(20)18-7-3-8-19(9-6-16(21)23-2)17(22)13-4-5-14-15(10-13)25-11-24-14/h4-5,10H,3,6-9,11H2,1-2H3,(H,18,20). The monoisotopic (exact) mass is 350 g/mol. The lowest BCUT2D eigenvalue weighted by molar-refractivity contribution is -0.140. The van der Waals surface area contributed by atoms with Gasteiger partial charge in [-0.05, 0) is 24.6 Å². The van der Waals surface area contributed by atoms with Crippen LogP contribution in [0, 0.1) is 0 Å². The molecule has 0 bridgehead atoms. The first-order valence-electron chi connectivity index (χ1n) is 8.01. The maximum absolute atomic E-state index is 12.8. The van der Waals surface area contributed by atoms with E-state index in [1.54, 1.807) is 23.1 Å². The molecule has 8 heteroatoms. The zero-order valence-corrected chi connectivity index (χ0v) is 14.4. The lowest BCUT2D eigenvalue weighted by atomic mass is 10.1. The van der Waals surface area contributed by atoms with Gasteiger partial charge in [0.25, 0.3) is 5.91 Å². The molecule has 0 fully saturated rings. The number of benzene rings is 1. The predicted molar refractivity (Wildman–Crippen MR) is 88.4 cm³/mol. The highest BCUT2D eigenvalue weighted by Gasteiger charge is 2.21. The topological polar surface area (TPSA) is 94.2 Å². The number of methoxy groups -OCH3 is 1. The zero-order chi connectivity index (χ0) is 18.2.